The van der Waals surface area contributed by atoms with Crippen LogP contribution < -0.4 is 5.32 Å². The molecule has 0 saturated heterocycles. The lowest BCUT2D eigenvalue weighted by molar-refractivity contribution is -0.384. The van der Waals surface area contributed by atoms with E-state index in [9.17, 15) is 19.7 Å². The summed E-state index contributed by atoms with van der Waals surface area (Å²) >= 11 is 0. The molecule has 0 spiro atoms. The topological polar surface area (TPSA) is 108 Å². The van der Waals surface area contributed by atoms with Crippen molar-refractivity contribution < 1.29 is 24.0 Å². The number of nitrogens with one attached hydrogen (secondary N) is 1. The molecule has 1 atom stereocenters. The Balaban J connectivity index is 2.67. The van der Waals surface area contributed by atoms with E-state index in [1.165, 1.54) is 12.1 Å². The Morgan fingerprint density at radius 3 is 2.04 bits per heavy atom. The van der Waals surface area contributed by atoms with Crippen LogP contribution >= 0.6 is 0 Å². The molecule has 1 heterocycles. The van der Waals surface area contributed by atoms with Gasteiger partial charge in [-0.3, -0.25) is 10.1 Å². The zero-order valence-corrected chi connectivity index (χ0v) is 16.4. The van der Waals surface area contributed by atoms with Crippen molar-refractivity contribution in [1.82, 2.24) is 5.32 Å². The number of carbonyl (C=O) groups is 2. The highest BCUT2D eigenvalue weighted by atomic mass is 16.6. The van der Waals surface area contributed by atoms with E-state index < -0.39 is 22.8 Å². The average molecular weight is 388 g/mol. The molecule has 0 fully saturated rings. The van der Waals surface area contributed by atoms with Gasteiger partial charge in [0.1, 0.15) is 0 Å². The molecule has 0 radical (unpaired) electrons. The minimum atomic E-state index is -0.741. The molecule has 28 heavy (non-hydrogen) atoms. The molecule has 1 aliphatic rings. The Morgan fingerprint density at radius 2 is 1.57 bits per heavy atom. The molecule has 0 aliphatic carbocycles. The van der Waals surface area contributed by atoms with Gasteiger partial charge in [-0.2, -0.15) is 0 Å². The van der Waals surface area contributed by atoms with E-state index in [4.69, 9.17) is 9.47 Å². The van der Waals surface area contributed by atoms with Crippen LogP contribution in [0.1, 0.15) is 45.6 Å². The molecular formula is C20H24N2O6. The molecule has 1 aromatic carbocycles. The number of hydrogen-bond donors (Lipinski definition) is 1. The minimum Gasteiger partial charge on any atom is -0.463 e. The largest absolute Gasteiger partial charge is 0.463 e. The number of nitro benzene ring substituents is 1. The van der Waals surface area contributed by atoms with Crippen molar-refractivity contribution in [3.63, 3.8) is 0 Å². The van der Waals surface area contributed by atoms with E-state index in [2.05, 4.69) is 5.32 Å². The zero-order chi connectivity index (χ0) is 20.8. The first kappa shape index (κ1) is 21.1. The summed E-state index contributed by atoms with van der Waals surface area (Å²) < 4.78 is 10.4. The summed E-state index contributed by atoms with van der Waals surface area (Å²) in [6, 6.07) is 5.80. The number of ether oxygens (including phenoxy) is 2. The molecule has 0 amide bonds. The molecule has 0 saturated carbocycles. The van der Waals surface area contributed by atoms with Crippen LogP contribution in [0.15, 0.2) is 46.8 Å². The maximum absolute atomic E-state index is 12.8. The number of nitro groups is 1. The number of allylic oxidation sites excluding steroid dienone is 2. The average Bonchev–Trinajstić information content (AvgIpc) is 2.67. The normalized spacial score (nSPS) is 16.5. The Morgan fingerprint density at radius 1 is 1.04 bits per heavy atom. The fourth-order valence-electron chi connectivity index (χ4n) is 3.23. The van der Waals surface area contributed by atoms with Gasteiger partial charge in [0.2, 0.25) is 0 Å². The highest BCUT2D eigenvalue weighted by Gasteiger charge is 2.38. The molecule has 8 nitrogen and oxygen atoms in total. The van der Waals surface area contributed by atoms with Crippen LogP contribution in [0, 0.1) is 10.1 Å². The van der Waals surface area contributed by atoms with Crippen molar-refractivity contribution >= 4 is 17.6 Å². The quantitative estimate of drug-likeness (QED) is 0.433. The first-order chi connectivity index (χ1) is 13.3. The number of hydrogen-bond acceptors (Lipinski definition) is 7. The Kier molecular flexibility index (Phi) is 6.92. The first-order valence-corrected chi connectivity index (χ1v) is 9.14. The van der Waals surface area contributed by atoms with Crippen LogP contribution in [0.4, 0.5) is 5.69 Å². The van der Waals surface area contributed by atoms with Crippen molar-refractivity contribution in [2.75, 3.05) is 13.2 Å². The lowest BCUT2D eigenvalue weighted by Gasteiger charge is -2.31. The van der Waals surface area contributed by atoms with E-state index in [1.807, 2.05) is 6.92 Å². The number of rotatable bonds is 7. The van der Waals surface area contributed by atoms with Gasteiger partial charge in [-0.25, -0.2) is 9.59 Å². The van der Waals surface area contributed by atoms with Crippen LogP contribution in [0.3, 0.4) is 0 Å². The van der Waals surface area contributed by atoms with Crippen LogP contribution in [-0.4, -0.2) is 30.1 Å². The third-order valence-corrected chi connectivity index (χ3v) is 4.43. The predicted octanol–water partition coefficient (Wildman–Crippen LogP) is 3.35. The third kappa shape index (κ3) is 4.21. The van der Waals surface area contributed by atoms with Gasteiger partial charge in [0.25, 0.3) is 5.69 Å². The summed E-state index contributed by atoms with van der Waals surface area (Å²) in [6.07, 6.45) is 0.519. The van der Waals surface area contributed by atoms with Gasteiger partial charge in [-0.05, 0) is 32.8 Å². The van der Waals surface area contributed by atoms with Gasteiger partial charge in [-0.15, -0.1) is 0 Å². The number of esters is 2. The van der Waals surface area contributed by atoms with E-state index >= 15 is 0 Å². The van der Waals surface area contributed by atoms with Crippen molar-refractivity contribution in [2.24, 2.45) is 0 Å². The Hall–Kier alpha value is -3.16. The summed E-state index contributed by atoms with van der Waals surface area (Å²) in [5, 5.41) is 14.1. The van der Waals surface area contributed by atoms with E-state index in [0.717, 1.165) is 0 Å². The fourth-order valence-corrected chi connectivity index (χ4v) is 3.23. The number of benzene rings is 1. The maximum Gasteiger partial charge on any atom is 0.336 e. The second-order valence-electron chi connectivity index (χ2n) is 6.13. The SMILES string of the molecule is CCOC(=O)C1=C(C)NC(CC)=C(C(=O)OCC)C1c1ccc([N+](=O)[O-])cc1. The Labute approximate surface area is 163 Å². The fraction of sp³-hybridized carbons (Fsp3) is 0.400. The molecule has 0 aromatic heterocycles. The van der Waals surface area contributed by atoms with Gasteiger partial charge in [0, 0.05) is 23.5 Å². The highest BCUT2D eigenvalue weighted by Crippen LogP contribution is 2.40. The molecule has 2 rings (SSSR count). The second-order valence-corrected chi connectivity index (χ2v) is 6.13. The van der Waals surface area contributed by atoms with Crippen molar-refractivity contribution in [2.45, 2.75) is 40.0 Å². The molecule has 8 heteroatoms. The lowest BCUT2D eigenvalue weighted by Crippen LogP contribution is -2.33. The molecule has 150 valence electrons. The number of carbonyl (C=O) groups excluding carboxylic acids is 2. The lowest BCUT2D eigenvalue weighted by atomic mass is 9.80. The Bertz CT molecular complexity index is 839. The molecule has 1 N–H and O–H groups in total. The zero-order valence-electron chi connectivity index (χ0n) is 16.4. The maximum atomic E-state index is 12.8. The standard InChI is InChI=1S/C20H24N2O6/c1-5-15-18(20(24)28-7-3)17(13-8-10-14(11-9-13)22(25)26)16(12(4)21-15)19(23)27-6-2/h8-11,17,21H,5-7H2,1-4H3. The smallest absolute Gasteiger partial charge is 0.336 e. The third-order valence-electron chi connectivity index (χ3n) is 4.43. The van der Waals surface area contributed by atoms with Gasteiger partial charge in [0.15, 0.2) is 0 Å². The number of non-ortho nitro benzene ring substituents is 1. The predicted molar refractivity (Wildman–Crippen MR) is 102 cm³/mol. The van der Waals surface area contributed by atoms with E-state index in [-0.39, 0.29) is 24.5 Å². The second kappa shape index (κ2) is 9.16. The van der Waals surface area contributed by atoms with Gasteiger partial charge < -0.3 is 14.8 Å². The molecule has 0 bridgehead atoms. The molecule has 1 unspecified atom stereocenters. The van der Waals surface area contributed by atoms with Crippen molar-refractivity contribution in [3.05, 3.63) is 62.5 Å². The van der Waals surface area contributed by atoms with Crippen LogP contribution in [0.5, 0.6) is 0 Å². The van der Waals surface area contributed by atoms with Crippen molar-refractivity contribution in [3.8, 4) is 0 Å². The van der Waals surface area contributed by atoms with E-state index in [0.29, 0.717) is 29.0 Å². The monoisotopic (exact) mass is 388 g/mol. The highest BCUT2D eigenvalue weighted by molar-refractivity contribution is 6.00. The van der Waals surface area contributed by atoms with Crippen LogP contribution in [0.2, 0.25) is 0 Å². The summed E-state index contributed by atoms with van der Waals surface area (Å²) in [7, 11) is 0. The number of dihydropyridines is 1. The van der Waals surface area contributed by atoms with Crippen LogP contribution in [-0.2, 0) is 19.1 Å². The summed E-state index contributed by atoms with van der Waals surface area (Å²) in [5.41, 5.74) is 2.32. The van der Waals surface area contributed by atoms with Gasteiger partial charge in [0.05, 0.1) is 35.2 Å². The number of nitrogens with zero attached hydrogens (tertiary/aromatic N) is 1. The van der Waals surface area contributed by atoms with Gasteiger partial charge >= 0.3 is 11.9 Å². The van der Waals surface area contributed by atoms with E-state index in [1.54, 1.807) is 32.9 Å². The summed E-state index contributed by atoms with van der Waals surface area (Å²) in [5.74, 6) is -1.83. The molecular weight excluding hydrogens is 364 g/mol. The van der Waals surface area contributed by atoms with Crippen molar-refractivity contribution in [1.29, 1.82) is 0 Å². The first-order valence-electron chi connectivity index (χ1n) is 9.14. The summed E-state index contributed by atoms with van der Waals surface area (Å²) in [4.78, 5) is 35.9. The summed E-state index contributed by atoms with van der Waals surface area (Å²) in [6.45, 7) is 7.39. The van der Waals surface area contributed by atoms with Crippen LogP contribution in [0.25, 0.3) is 0 Å². The van der Waals surface area contributed by atoms with Gasteiger partial charge in [-0.1, -0.05) is 19.1 Å². The molecule has 1 aromatic rings. The minimum absolute atomic E-state index is 0.0755. The molecule has 1 aliphatic heterocycles.